The summed E-state index contributed by atoms with van der Waals surface area (Å²) in [5, 5.41) is 0. The van der Waals surface area contributed by atoms with Gasteiger partial charge in [0.05, 0.1) is 11.6 Å². The van der Waals surface area contributed by atoms with E-state index in [0.29, 0.717) is 0 Å². The molecule has 0 bridgehead atoms. The van der Waals surface area contributed by atoms with E-state index in [2.05, 4.69) is 13.8 Å². The SMILES string of the molecule is B[C@@H]1O[C@@](CC)(CCC)C(C)[C@@H]1F. The lowest BCUT2D eigenvalue weighted by atomic mass is 9.80. The van der Waals surface area contributed by atoms with Gasteiger partial charge in [-0.15, -0.1) is 0 Å². The summed E-state index contributed by atoms with van der Waals surface area (Å²) in [6.07, 6.45) is 2.19. The Morgan fingerprint density at radius 2 is 2.08 bits per heavy atom. The van der Waals surface area contributed by atoms with Gasteiger partial charge in [-0.05, 0) is 12.8 Å². The fraction of sp³-hybridized carbons (Fsp3) is 1.00. The Labute approximate surface area is 81.4 Å². The van der Waals surface area contributed by atoms with Crippen molar-refractivity contribution in [3.63, 3.8) is 0 Å². The highest BCUT2D eigenvalue weighted by atomic mass is 19.1. The molecule has 3 heteroatoms. The molecule has 0 saturated carbocycles. The molecule has 1 fully saturated rings. The van der Waals surface area contributed by atoms with Crippen LogP contribution in [0.1, 0.15) is 40.0 Å². The predicted octanol–water partition coefficient (Wildman–Crippen LogP) is 1.90. The van der Waals surface area contributed by atoms with Crippen molar-refractivity contribution in [2.75, 3.05) is 0 Å². The normalized spacial score (nSPS) is 45.4. The molecule has 0 aromatic heterocycles. The maximum atomic E-state index is 13.6. The van der Waals surface area contributed by atoms with E-state index in [4.69, 9.17) is 4.74 Å². The van der Waals surface area contributed by atoms with Crippen LogP contribution in [0, 0.1) is 5.92 Å². The van der Waals surface area contributed by atoms with Gasteiger partial charge in [0.15, 0.2) is 0 Å². The lowest BCUT2D eigenvalue weighted by molar-refractivity contribution is -0.0412. The van der Waals surface area contributed by atoms with E-state index < -0.39 is 6.17 Å². The molecule has 1 saturated heterocycles. The van der Waals surface area contributed by atoms with Crippen LogP contribution in [-0.2, 0) is 4.74 Å². The van der Waals surface area contributed by atoms with Gasteiger partial charge in [-0.3, -0.25) is 0 Å². The number of ether oxygens (including phenoxy) is 1. The van der Waals surface area contributed by atoms with Crippen LogP contribution in [0.2, 0.25) is 0 Å². The van der Waals surface area contributed by atoms with Crippen molar-refractivity contribution in [3.05, 3.63) is 0 Å². The molecule has 0 aromatic rings. The third-order valence-electron chi connectivity index (χ3n) is 3.45. The summed E-state index contributed by atoms with van der Waals surface area (Å²) in [6, 6.07) is -0.221. The summed E-state index contributed by atoms with van der Waals surface area (Å²) >= 11 is 0. The first-order valence-electron chi connectivity index (χ1n) is 5.39. The third-order valence-corrected chi connectivity index (χ3v) is 3.45. The van der Waals surface area contributed by atoms with Gasteiger partial charge < -0.3 is 4.74 Å². The molecule has 0 radical (unpaired) electrons. The quantitative estimate of drug-likeness (QED) is 0.611. The van der Waals surface area contributed by atoms with E-state index in [9.17, 15) is 4.39 Å². The smallest absolute Gasteiger partial charge is 0.143 e. The Morgan fingerprint density at radius 3 is 2.38 bits per heavy atom. The summed E-state index contributed by atoms with van der Waals surface area (Å²) < 4.78 is 19.4. The fourth-order valence-corrected chi connectivity index (χ4v) is 2.53. The van der Waals surface area contributed by atoms with Gasteiger partial charge in [0.25, 0.3) is 0 Å². The maximum absolute atomic E-state index is 13.6. The van der Waals surface area contributed by atoms with Crippen molar-refractivity contribution < 1.29 is 9.13 Å². The Bertz CT molecular complexity index is 176. The molecular formula is C10H20BFO. The van der Waals surface area contributed by atoms with Gasteiger partial charge in [-0.1, -0.05) is 27.2 Å². The molecule has 0 aliphatic carbocycles. The van der Waals surface area contributed by atoms with Crippen molar-refractivity contribution in [2.45, 2.75) is 57.8 Å². The standard InChI is InChI=1S/C10H20BFO/c1-4-6-10(5-2)7(3)8(12)9(11)13-10/h7-9H,4-6,11H2,1-3H3/t7?,8-,9+,10-/m0/s1. The van der Waals surface area contributed by atoms with E-state index in [-0.39, 0.29) is 17.5 Å². The maximum Gasteiger partial charge on any atom is 0.143 e. The number of alkyl halides is 1. The Kier molecular flexibility index (Phi) is 3.39. The molecule has 76 valence electrons. The number of hydrogen-bond acceptors (Lipinski definition) is 1. The Morgan fingerprint density at radius 1 is 1.46 bits per heavy atom. The molecule has 0 spiro atoms. The topological polar surface area (TPSA) is 9.23 Å². The second kappa shape index (κ2) is 3.99. The van der Waals surface area contributed by atoms with Crippen LogP contribution < -0.4 is 0 Å². The summed E-state index contributed by atoms with van der Waals surface area (Å²) in [7, 11) is 1.84. The zero-order valence-electron chi connectivity index (χ0n) is 9.14. The first kappa shape index (κ1) is 11.0. The summed E-state index contributed by atoms with van der Waals surface area (Å²) in [5.74, 6) is 0.0486. The van der Waals surface area contributed by atoms with Crippen molar-refractivity contribution in [3.8, 4) is 0 Å². The number of halogens is 1. The number of rotatable bonds is 3. The molecule has 1 aliphatic rings. The molecule has 0 amide bonds. The molecule has 0 aromatic carbocycles. The van der Waals surface area contributed by atoms with Crippen molar-refractivity contribution in [1.29, 1.82) is 0 Å². The second-order valence-electron chi connectivity index (χ2n) is 4.22. The van der Waals surface area contributed by atoms with Gasteiger partial charge in [0.2, 0.25) is 0 Å². The van der Waals surface area contributed by atoms with Crippen LogP contribution in [0.25, 0.3) is 0 Å². The lowest BCUT2D eigenvalue weighted by Gasteiger charge is -2.31. The molecule has 1 aliphatic heterocycles. The molecule has 0 N–H and O–H groups in total. The van der Waals surface area contributed by atoms with Crippen molar-refractivity contribution in [2.24, 2.45) is 5.92 Å². The summed E-state index contributed by atoms with van der Waals surface area (Å²) in [6.45, 7) is 6.20. The van der Waals surface area contributed by atoms with Gasteiger partial charge in [0.1, 0.15) is 14.0 Å². The summed E-state index contributed by atoms with van der Waals surface area (Å²) in [5.41, 5.74) is -0.187. The van der Waals surface area contributed by atoms with Gasteiger partial charge in [-0.2, -0.15) is 0 Å². The Hall–Kier alpha value is -0.0451. The van der Waals surface area contributed by atoms with Gasteiger partial charge >= 0.3 is 0 Å². The third kappa shape index (κ3) is 1.76. The van der Waals surface area contributed by atoms with E-state index >= 15 is 0 Å². The fourth-order valence-electron chi connectivity index (χ4n) is 2.53. The molecular weight excluding hydrogens is 166 g/mol. The molecule has 1 nitrogen and oxygen atoms in total. The minimum atomic E-state index is -0.786. The van der Waals surface area contributed by atoms with Crippen LogP contribution in [-0.4, -0.2) is 25.6 Å². The van der Waals surface area contributed by atoms with Gasteiger partial charge in [-0.25, -0.2) is 4.39 Å². The highest BCUT2D eigenvalue weighted by molar-refractivity contribution is 6.11. The van der Waals surface area contributed by atoms with Crippen LogP contribution >= 0.6 is 0 Å². The molecule has 4 atom stereocenters. The van der Waals surface area contributed by atoms with Crippen LogP contribution in [0.15, 0.2) is 0 Å². The second-order valence-corrected chi connectivity index (χ2v) is 4.22. The number of hydrogen-bond donors (Lipinski definition) is 0. The minimum absolute atomic E-state index is 0.0486. The zero-order chi connectivity index (χ0) is 10.1. The van der Waals surface area contributed by atoms with Crippen LogP contribution in [0.3, 0.4) is 0 Å². The van der Waals surface area contributed by atoms with Gasteiger partial charge in [0, 0.05) is 5.92 Å². The molecule has 13 heavy (non-hydrogen) atoms. The molecule has 1 rings (SSSR count). The van der Waals surface area contributed by atoms with E-state index in [1.54, 1.807) is 0 Å². The largest absolute Gasteiger partial charge is 0.377 e. The highest BCUT2D eigenvalue weighted by Crippen LogP contribution is 2.42. The average molecular weight is 186 g/mol. The Balaban J connectivity index is 2.76. The van der Waals surface area contributed by atoms with Crippen LogP contribution in [0.5, 0.6) is 0 Å². The first-order chi connectivity index (χ1) is 6.07. The van der Waals surface area contributed by atoms with E-state index in [0.717, 1.165) is 19.3 Å². The van der Waals surface area contributed by atoms with Crippen LogP contribution in [0.4, 0.5) is 4.39 Å². The average Bonchev–Trinajstić information content (AvgIpc) is 2.32. The van der Waals surface area contributed by atoms with E-state index in [1.807, 2.05) is 14.8 Å². The molecule has 1 unspecified atom stereocenters. The highest BCUT2D eigenvalue weighted by Gasteiger charge is 2.49. The van der Waals surface area contributed by atoms with Crippen molar-refractivity contribution in [1.82, 2.24) is 0 Å². The minimum Gasteiger partial charge on any atom is -0.377 e. The summed E-state index contributed by atoms with van der Waals surface area (Å²) in [4.78, 5) is 0. The monoisotopic (exact) mass is 186 g/mol. The first-order valence-corrected chi connectivity index (χ1v) is 5.39. The molecule has 1 heterocycles. The predicted molar refractivity (Wildman–Crippen MR) is 55.4 cm³/mol. The van der Waals surface area contributed by atoms with E-state index in [1.165, 1.54) is 0 Å². The van der Waals surface area contributed by atoms with Crippen molar-refractivity contribution >= 4 is 7.85 Å². The zero-order valence-corrected chi connectivity index (χ0v) is 9.14. The lowest BCUT2D eigenvalue weighted by Crippen LogP contribution is -2.34.